The molecular weight excluding hydrogens is 216 g/mol. The number of epoxide rings is 1. The van der Waals surface area contributed by atoms with Crippen molar-refractivity contribution in [3.05, 3.63) is 33.8 Å². The van der Waals surface area contributed by atoms with E-state index in [1.54, 1.807) is 0 Å². The van der Waals surface area contributed by atoms with Crippen molar-refractivity contribution in [3.63, 3.8) is 0 Å². The Morgan fingerprint density at radius 2 is 2.25 bits per heavy atom. The largest absolute Gasteiger partial charge is 0.364 e. The van der Waals surface area contributed by atoms with Crippen molar-refractivity contribution < 1.29 is 4.74 Å². The SMILES string of the molecule is Brc1ccc2c(c1)CCC21CO1. The minimum Gasteiger partial charge on any atom is -0.364 e. The Morgan fingerprint density at radius 3 is 3.00 bits per heavy atom. The molecule has 1 nitrogen and oxygen atoms in total. The Bertz CT molecular complexity index is 342. The summed E-state index contributed by atoms with van der Waals surface area (Å²) in [7, 11) is 0. The van der Waals surface area contributed by atoms with Gasteiger partial charge in [0, 0.05) is 4.47 Å². The molecule has 1 heterocycles. The molecule has 0 N–H and O–H groups in total. The fourth-order valence-corrected chi connectivity index (χ4v) is 2.48. The molecule has 0 bridgehead atoms. The molecule has 1 fully saturated rings. The second-order valence-corrected chi connectivity index (χ2v) is 4.50. The fraction of sp³-hybridized carbons (Fsp3) is 0.400. The van der Waals surface area contributed by atoms with Gasteiger partial charge < -0.3 is 4.74 Å². The summed E-state index contributed by atoms with van der Waals surface area (Å²) in [5.41, 5.74) is 3.03. The van der Waals surface area contributed by atoms with Crippen LogP contribution in [0.25, 0.3) is 0 Å². The fourth-order valence-electron chi connectivity index (χ4n) is 2.07. The number of hydrogen-bond donors (Lipinski definition) is 0. The lowest BCUT2D eigenvalue weighted by atomic mass is 10.0. The van der Waals surface area contributed by atoms with Crippen LogP contribution in [0, 0.1) is 0 Å². The summed E-state index contributed by atoms with van der Waals surface area (Å²) >= 11 is 3.48. The highest BCUT2D eigenvalue weighted by Crippen LogP contribution is 2.49. The van der Waals surface area contributed by atoms with E-state index < -0.39 is 0 Å². The monoisotopic (exact) mass is 224 g/mol. The summed E-state index contributed by atoms with van der Waals surface area (Å²) in [5, 5.41) is 0. The molecule has 0 radical (unpaired) electrons. The summed E-state index contributed by atoms with van der Waals surface area (Å²) < 4.78 is 6.69. The van der Waals surface area contributed by atoms with E-state index in [1.165, 1.54) is 28.4 Å². The third kappa shape index (κ3) is 0.824. The maximum absolute atomic E-state index is 5.51. The number of fused-ring (bicyclic) bond motifs is 2. The third-order valence-electron chi connectivity index (χ3n) is 2.85. The van der Waals surface area contributed by atoms with E-state index >= 15 is 0 Å². The van der Waals surface area contributed by atoms with Gasteiger partial charge in [-0.15, -0.1) is 0 Å². The normalized spacial score (nSPS) is 30.8. The summed E-state index contributed by atoms with van der Waals surface area (Å²) in [4.78, 5) is 0. The molecule has 1 unspecified atom stereocenters. The van der Waals surface area contributed by atoms with E-state index in [0.29, 0.717) is 0 Å². The molecule has 1 spiro atoms. The van der Waals surface area contributed by atoms with Gasteiger partial charge in [-0.2, -0.15) is 0 Å². The number of ether oxygens (including phenoxy) is 1. The molecule has 2 heteroatoms. The van der Waals surface area contributed by atoms with Crippen molar-refractivity contribution >= 4 is 15.9 Å². The van der Waals surface area contributed by atoms with Crippen LogP contribution in [0.1, 0.15) is 17.5 Å². The van der Waals surface area contributed by atoms with Crippen molar-refractivity contribution in [2.24, 2.45) is 0 Å². The third-order valence-corrected chi connectivity index (χ3v) is 3.34. The lowest BCUT2D eigenvalue weighted by Gasteiger charge is -2.03. The number of rotatable bonds is 0. The molecule has 3 rings (SSSR count). The van der Waals surface area contributed by atoms with Crippen molar-refractivity contribution in [2.75, 3.05) is 6.61 Å². The molecule has 0 amide bonds. The van der Waals surface area contributed by atoms with E-state index in [0.717, 1.165) is 6.61 Å². The van der Waals surface area contributed by atoms with Gasteiger partial charge in [-0.1, -0.05) is 22.0 Å². The molecule has 1 aliphatic carbocycles. The first-order chi connectivity index (χ1) is 5.80. The van der Waals surface area contributed by atoms with Crippen LogP contribution in [-0.4, -0.2) is 6.61 Å². The number of halogens is 1. The molecule has 1 aromatic carbocycles. The van der Waals surface area contributed by atoms with E-state index in [1.807, 2.05) is 0 Å². The highest BCUT2D eigenvalue weighted by molar-refractivity contribution is 9.10. The summed E-state index contributed by atoms with van der Waals surface area (Å²) in [6, 6.07) is 6.51. The van der Waals surface area contributed by atoms with Gasteiger partial charge in [-0.3, -0.25) is 0 Å². The lowest BCUT2D eigenvalue weighted by Crippen LogP contribution is -2.01. The summed E-state index contributed by atoms with van der Waals surface area (Å²) in [6.07, 6.45) is 2.35. The average molecular weight is 225 g/mol. The van der Waals surface area contributed by atoms with Crippen molar-refractivity contribution in [1.29, 1.82) is 0 Å². The molecule has 1 aromatic rings. The molecule has 2 aliphatic rings. The van der Waals surface area contributed by atoms with Crippen LogP contribution < -0.4 is 0 Å². The van der Waals surface area contributed by atoms with Crippen LogP contribution in [0.5, 0.6) is 0 Å². The molecule has 1 aliphatic heterocycles. The quantitative estimate of drug-likeness (QED) is 0.618. The molecule has 62 valence electrons. The van der Waals surface area contributed by atoms with Gasteiger partial charge in [0.15, 0.2) is 0 Å². The van der Waals surface area contributed by atoms with Crippen molar-refractivity contribution in [1.82, 2.24) is 0 Å². The Labute approximate surface area is 79.9 Å². The number of hydrogen-bond acceptors (Lipinski definition) is 1. The Hall–Kier alpha value is -0.340. The Kier molecular flexibility index (Phi) is 1.25. The Morgan fingerprint density at radius 1 is 1.42 bits per heavy atom. The maximum Gasteiger partial charge on any atom is 0.117 e. The van der Waals surface area contributed by atoms with E-state index in [2.05, 4.69) is 34.1 Å². The molecule has 1 atom stereocenters. The van der Waals surface area contributed by atoms with E-state index in [4.69, 9.17) is 4.74 Å². The van der Waals surface area contributed by atoms with Crippen LogP contribution in [-0.2, 0) is 16.8 Å². The Balaban J connectivity index is 2.18. The first kappa shape index (κ1) is 7.10. The van der Waals surface area contributed by atoms with Crippen molar-refractivity contribution in [2.45, 2.75) is 18.4 Å². The standard InChI is InChI=1S/C10H9BrO/c11-8-1-2-9-7(5-8)3-4-10(9)6-12-10/h1-2,5H,3-4,6H2. The molecule has 0 saturated carbocycles. The zero-order valence-electron chi connectivity index (χ0n) is 6.64. The first-order valence-corrected chi connectivity index (χ1v) is 5.02. The van der Waals surface area contributed by atoms with Crippen LogP contribution >= 0.6 is 15.9 Å². The zero-order chi connectivity index (χ0) is 8.18. The smallest absolute Gasteiger partial charge is 0.117 e. The van der Waals surface area contributed by atoms with Gasteiger partial charge >= 0.3 is 0 Å². The zero-order valence-corrected chi connectivity index (χ0v) is 8.23. The summed E-state index contributed by atoms with van der Waals surface area (Å²) in [6.45, 7) is 0.932. The van der Waals surface area contributed by atoms with Gasteiger partial charge in [0.2, 0.25) is 0 Å². The minimum atomic E-state index is 0.149. The van der Waals surface area contributed by atoms with Crippen LogP contribution in [0.4, 0.5) is 0 Å². The van der Waals surface area contributed by atoms with Crippen molar-refractivity contribution in [3.8, 4) is 0 Å². The predicted octanol–water partition coefficient (Wildman–Crippen LogP) is 2.62. The van der Waals surface area contributed by atoms with Crippen LogP contribution in [0.2, 0.25) is 0 Å². The van der Waals surface area contributed by atoms with E-state index in [9.17, 15) is 0 Å². The maximum atomic E-state index is 5.51. The molecule has 1 saturated heterocycles. The lowest BCUT2D eigenvalue weighted by molar-refractivity contribution is 0.308. The van der Waals surface area contributed by atoms with Gasteiger partial charge in [-0.25, -0.2) is 0 Å². The highest BCUT2D eigenvalue weighted by atomic mass is 79.9. The molecular formula is C10H9BrO. The minimum absolute atomic E-state index is 0.149. The second-order valence-electron chi connectivity index (χ2n) is 3.58. The highest BCUT2D eigenvalue weighted by Gasteiger charge is 2.50. The number of aryl methyl sites for hydroxylation is 1. The van der Waals surface area contributed by atoms with Gasteiger partial charge in [-0.05, 0) is 36.1 Å². The van der Waals surface area contributed by atoms with Crippen LogP contribution in [0.3, 0.4) is 0 Å². The van der Waals surface area contributed by atoms with Crippen LogP contribution in [0.15, 0.2) is 22.7 Å². The second kappa shape index (κ2) is 2.12. The number of benzene rings is 1. The first-order valence-electron chi connectivity index (χ1n) is 4.23. The topological polar surface area (TPSA) is 12.5 Å². The van der Waals surface area contributed by atoms with Gasteiger partial charge in [0.05, 0.1) is 6.61 Å². The van der Waals surface area contributed by atoms with E-state index in [-0.39, 0.29) is 5.60 Å². The van der Waals surface area contributed by atoms with Gasteiger partial charge in [0.25, 0.3) is 0 Å². The average Bonchev–Trinajstić information content (AvgIpc) is 2.73. The molecule has 12 heavy (non-hydrogen) atoms. The molecule has 0 aromatic heterocycles. The predicted molar refractivity (Wildman–Crippen MR) is 50.1 cm³/mol. The van der Waals surface area contributed by atoms with Gasteiger partial charge in [0.1, 0.15) is 5.60 Å². The summed E-state index contributed by atoms with van der Waals surface area (Å²) in [5.74, 6) is 0.